The molecule has 1 aromatic carbocycles. The van der Waals surface area contributed by atoms with Crippen LogP contribution in [0, 0.1) is 18.2 Å². The molecule has 0 saturated heterocycles. The first-order chi connectivity index (χ1) is 9.46. The first-order valence-electron chi connectivity index (χ1n) is 6.90. The number of nitrogens with one attached hydrogen (secondary N) is 2. The van der Waals surface area contributed by atoms with Gasteiger partial charge < -0.3 is 15.7 Å². The summed E-state index contributed by atoms with van der Waals surface area (Å²) in [6.45, 7) is 3.65. The Kier molecular flexibility index (Phi) is 4.28. The molecule has 4 nitrogen and oxygen atoms in total. The lowest BCUT2D eigenvalue weighted by Gasteiger charge is -2.30. The standard InChI is InChI=1S/C15H21FN2O2/c1-10-11(16)5-3-6-12(10)17-14(20)18-13-7-4-8-15(13,2)9-19/h3,5-6,13,19H,4,7-9H2,1-2H3,(H2,17,18,20). The number of rotatable bonds is 3. The zero-order valence-electron chi connectivity index (χ0n) is 11.9. The number of benzene rings is 1. The van der Waals surface area contributed by atoms with Crippen LogP contribution in [0.15, 0.2) is 18.2 Å². The number of aliphatic hydroxyl groups excluding tert-OH is 1. The fourth-order valence-corrected chi connectivity index (χ4v) is 2.73. The van der Waals surface area contributed by atoms with Crippen molar-refractivity contribution in [1.29, 1.82) is 0 Å². The fourth-order valence-electron chi connectivity index (χ4n) is 2.73. The van der Waals surface area contributed by atoms with E-state index in [2.05, 4.69) is 10.6 Å². The van der Waals surface area contributed by atoms with Gasteiger partial charge in [-0.05, 0) is 31.9 Å². The summed E-state index contributed by atoms with van der Waals surface area (Å²) in [5, 5.41) is 15.0. The van der Waals surface area contributed by atoms with Crippen molar-refractivity contribution in [2.24, 2.45) is 5.41 Å². The monoisotopic (exact) mass is 280 g/mol. The maximum atomic E-state index is 13.4. The van der Waals surface area contributed by atoms with Crippen LogP contribution in [-0.4, -0.2) is 23.8 Å². The van der Waals surface area contributed by atoms with Gasteiger partial charge in [0.05, 0.1) is 6.61 Å². The van der Waals surface area contributed by atoms with Crippen molar-refractivity contribution in [3.8, 4) is 0 Å². The summed E-state index contributed by atoms with van der Waals surface area (Å²) in [7, 11) is 0. The summed E-state index contributed by atoms with van der Waals surface area (Å²) < 4.78 is 13.4. The van der Waals surface area contributed by atoms with Gasteiger partial charge in [0.15, 0.2) is 0 Å². The first-order valence-corrected chi connectivity index (χ1v) is 6.90. The molecule has 1 saturated carbocycles. The molecule has 2 unspecified atom stereocenters. The van der Waals surface area contributed by atoms with Gasteiger partial charge in [-0.3, -0.25) is 0 Å². The highest BCUT2D eigenvalue weighted by atomic mass is 19.1. The third kappa shape index (κ3) is 2.93. The molecule has 1 aromatic rings. The number of urea groups is 1. The Labute approximate surface area is 118 Å². The van der Waals surface area contributed by atoms with Gasteiger partial charge in [0.25, 0.3) is 0 Å². The Morgan fingerprint density at radius 2 is 2.30 bits per heavy atom. The number of hydrogen-bond donors (Lipinski definition) is 3. The molecule has 0 spiro atoms. The molecule has 0 aromatic heterocycles. The number of carbonyl (C=O) groups is 1. The van der Waals surface area contributed by atoms with E-state index in [9.17, 15) is 14.3 Å². The Balaban J connectivity index is 2.01. The number of anilines is 1. The summed E-state index contributed by atoms with van der Waals surface area (Å²) in [4.78, 5) is 12.0. The summed E-state index contributed by atoms with van der Waals surface area (Å²) in [5.41, 5.74) is 0.610. The van der Waals surface area contributed by atoms with Crippen LogP contribution in [0.1, 0.15) is 31.7 Å². The number of halogens is 1. The predicted octanol–water partition coefficient (Wildman–Crippen LogP) is 2.81. The first kappa shape index (κ1) is 14.8. The van der Waals surface area contributed by atoms with Crippen LogP contribution in [-0.2, 0) is 0 Å². The SMILES string of the molecule is Cc1c(F)cccc1NC(=O)NC1CCCC1(C)CO. The van der Waals surface area contributed by atoms with Gasteiger partial charge in [-0.15, -0.1) is 0 Å². The van der Waals surface area contributed by atoms with Crippen molar-refractivity contribution >= 4 is 11.7 Å². The van der Waals surface area contributed by atoms with E-state index in [-0.39, 0.29) is 29.9 Å². The highest BCUT2D eigenvalue weighted by Crippen LogP contribution is 2.37. The molecule has 3 N–H and O–H groups in total. The van der Waals surface area contributed by atoms with E-state index in [4.69, 9.17) is 0 Å². The molecule has 1 aliphatic rings. The average Bonchev–Trinajstić information content (AvgIpc) is 2.77. The van der Waals surface area contributed by atoms with Crippen molar-refractivity contribution in [3.05, 3.63) is 29.6 Å². The minimum atomic E-state index is -0.356. The van der Waals surface area contributed by atoms with Crippen LogP contribution in [0.5, 0.6) is 0 Å². The normalized spacial score (nSPS) is 25.5. The topological polar surface area (TPSA) is 61.4 Å². The third-order valence-electron chi connectivity index (χ3n) is 4.26. The molecule has 1 aliphatic carbocycles. The van der Waals surface area contributed by atoms with Crippen LogP contribution < -0.4 is 10.6 Å². The largest absolute Gasteiger partial charge is 0.396 e. The van der Waals surface area contributed by atoms with Crippen LogP contribution in [0.3, 0.4) is 0 Å². The molecular formula is C15H21FN2O2. The van der Waals surface area contributed by atoms with Crippen LogP contribution >= 0.6 is 0 Å². The average molecular weight is 280 g/mol. The van der Waals surface area contributed by atoms with E-state index >= 15 is 0 Å². The number of amides is 2. The molecule has 0 radical (unpaired) electrons. The van der Waals surface area contributed by atoms with Gasteiger partial charge in [-0.25, -0.2) is 9.18 Å². The van der Waals surface area contributed by atoms with Crippen LogP contribution in [0.4, 0.5) is 14.9 Å². The highest BCUT2D eigenvalue weighted by molar-refractivity contribution is 5.90. The molecule has 2 amide bonds. The third-order valence-corrected chi connectivity index (χ3v) is 4.26. The zero-order chi connectivity index (χ0) is 14.8. The maximum Gasteiger partial charge on any atom is 0.319 e. The fraction of sp³-hybridized carbons (Fsp3) is 0.533. The summed E-state index contributed by atoms with van der Waals surface area (Å²) in [6, 6.07) is 4.17. The second kappa shape index (κ2) is 5.79. The zero-order valence-corrected chi connectivity index (χ0v) is 11.9. The van der Waals surface area contributed by atoms with E-state index in [1.807, 2.05) is 6.92 Å². The van der Waals surface area contributed by atoms with Crippen molar-refractivity contribution in [3.63, 3.8) is 0 Å². The van der Waals surface area contributed by atoms with Crippen LogP contribution in [0.25, 0.3) is 0 Å². The lowest BCUT2D eigenvalue weighted by Crippen LogP contribution is -2.46. The van der Waals surface area contributed by atoms with Gasteiger partial charge in [0.1, 0.15) is 5.82 Å². The highest BCUT2D eigenvalue weighted by Gasteiger charge is 2.39. The van der Waals surface area contributed by atoms with Gasteiger partial charge >= 0.3 is 6.03 Å². The molecule has 110 valence electrons. The minimum absolute atomic E-state index is 0.0525. The molecule has 20 heavy (non-hydrogen) atoms. The Morgan fingerprint density at radius 1 is 1.55 bits per heavy atom. The molecule has 1 fully saturated rings. The predicted molar refractivity (Wildman–Crippen MR) is 76.1 cm³/mol. The molecule has 0 bridgehead atoms. The van der Waals surface area contributed by atoms with Crippen molar-refractivity contribution in [2.45, 2.75) is 39.2 Å². The van der Waals surface area contributed by atoms with E-state index in [0.717, 1.165) is 19.3 Å². The number of hydrogen-bond acceptors (Lipinski definition) is 2. The van der Waals surface area contributed by atoms with Gasteiger partial charge in [-0.2, -0.15) is 0 Å². The second-order valence-corrected chi connectivity index (χ2v) is 5.77. The summed E-state index contributed by atoms with van der Waals surface area (Å²) >= 11 is 0. The maximum absolute atomic E-state index is 13.4. The second-order valence-electron chi connectivity index (χ2n) is 5.77. The van der Waals surface area contributed by atoms with Crippen molar-refractivity contribution in [2.75, 3.05) is 11.9 Å². The van der Waals surface area contributed by atoms with Crippen molar-refractivity contribution in [1.82, 2.24) is 5.32 Å². The lowest BCUT2D eigenvalue weighted by atomic mass is 9.86. The van der Waals surface area contributed by atoms with Gasteiger partial charge in [0, 0.05) is 22.7 Å². The molecular weight excluding hydrogens is 259 g/mol. The van der Waals surface area contributed by atoms with E-state index < -0.39 is 0 Å². The summed E-state index contributed by atoms with van der Waals surface area (Å²) in [6.07, 6.45) is 2.74. The quantitative estimate of drug-likeness (QED) is 0.797. The smallest absolute Gasteiger partial charge is 0.319 e. The van der Waals surface area contributed by atoms with E-state index in [1.54, 1.807) is 19.1 Å². The van der Waals surface area contributed by atoms with E-state index in [1.165, 1.54) is 6.07 Å². The van der Waals surface area contributed by atoms with Crippen LogP contribution in [0.2, 0.25) is 0 Å². The Morgan fingerprint density at radius 3 is 3.00 bits per heavy atom. The van der Waals surface area contributed by atoms with Gasteiger partial charge in [-0.1, -0.05) is 19.4 Å². The Bertz CT molecular complexity index is 507. The molecule has 2 atom stereocenters. The number of aliphatic hydroxyl groups is 1. The molecule has 5 heteroatoms. The van der Waals surface area contributed by atoms with Gasteiger partial charge in [0.2, 0.25) is 0 Å². The molecule has 2 rings (SSSR count). The van der Waals surface area contributed by atoms with E-state index in [0.29, 0.717) is 11.3 Å². The molecule has 0 heterocycles. The summed E-state index contributed by atoms with van der Waals surface area (Å²) in [5.74, 6) is -0.344. The lowest BCUT2D eigenvalue weighted by molar-refractivity contribution is 0.122. The minimum Gasteiger partial charge on any atom is -0.396 e. The number of carbonyl (C=O) groups excluding carboxylic acids is 1. The molecule has 0 aliphatic heterocycles. The van der Waals surface area contributed by atoms with Crippen molar-refractivity contribution < 1.29 is 14.3 Å². The Hall–Kier alpha value is -1.62.